The van der Waals surface area contributed by atoms with E-state index in [-0.39, 0.29) is 5.91 Å². The average molecular weight is 275 g/mol. The highest BCUT2D eigenvalue weighted by Gasteiger charge is 2.06. The van der Waals surface area contributed by atoms with Gasteiger partial charge < -0.3 is 11.1 Å². The van der Waals surface area contributed by atoms with Crippen molar-refractivity contribution in [1.29, 1.82) is 0 Å². The number of hydrogen-bond donors (Lipinski definition) is 2. The molecule has 0 bridgehead atoms. The van der Waals surface area contributed by atoms with E-state index in [0.29, 0.717) is 22.0 Å². The van der Waals surface area contributed by atoms with Crippen molar-refractivity contribution in [3.63, 3.8) is 0 Å². The third-order valence-corrected chi connectivity index (χ3v) is 3.21. The highest BCUT2D eigenvalue weighted by atomic mass is 35.5. The molecule has 0 fully saturated rings. The first-order chi connectivity index (χ1) is 9.10. The van der Waals surface area contributed by atoms with Gasteiger partial charge in [-0.3, -0.25) is 4.79 Å². The molecule has 0 saturated heterocycles. The van der Waals surface area contributed by atoms with E-state index in [0.717, 1.165) is 6.42 Å². The van der Waals surface area contributed by atoms with Crippen molar-refractivity contribution in [2.75, 3.05) is 11.1 Å². The van der Waals surface area contributed by atoms with Gasteiger partial charge in [-0.1, -0.05) is 30.7 Å². The van der Waals surface area contributed by atoms with Crippen LogP contribution >= 0.6 is 11.6 Å². The Bertz CT molecular complexity index is 594. The summed E-state index contributed by atoms with van der Waals surface area (Å²) >= 11 is 5.91. The fraction of sp³-hybridized carbons (Fsp3) is 0.133. The lowest BCUT2D eigenvalue weighted by molar-refractivity contribution is 0.102. The van der Waals surface area contributed by atoms with E-state index in [2.05, 4.69) is 12.2 Å². The SMILES string of the molecule is CCc1ccc(C(=O)Nc2ccc(N)c(Cl)c2)cc1. The first-order valence-electron chi connectivity index (χ1n) is 6.05. The summed E-state index contributed by atoms with van der Waals surface area (Å²) in [4.78, 5) is 12.0. The minimum absolute atomic E-state index is 0.163. The Labute approximate surface area is 117 Å². The Hall–Kier alpha value is -2.00. The number of anilines is 2. The van der Waals surface area contributed by atoms with Gasteiger partial charge in [-0.15, -0.1) is 0 Å². The van der Waals surface area contributed by atoms with Gasteiger partial charge in [0.1, 0.15) is 0 Å². The summed E-state index contributed by atoms with van der Waals surface area (Å²) in [6.45, 7) is 2.07. The van der Waals surface area contributed by atoms with Gasteiger partial charge in [0.2, 0.25) is 0 Å². The predicted octanol–water partition coefficient (Wildman–Crippen LogP) is 3.74. The summed E-state index contributed by atoms with van der Waals surface area (Å²) in [6.07, 6.45) is 0.954. The normalized spacial score (nSPS) is 10.2. The molecule has 0 unspecified atom stereocenters. The first kappa shape index (κ1) is 13.4. The predicted molar refractivity (Wildman–Crippen MR) is 79.6 cm³/mol. The number of aryl methyl sites for hydroxylation is 1. The van der Waals surface area contributed by atoms with Crippen LogP contribution in [0.1, 0.15) is 22.8 Å². The number of carbonyl (C=O) groups is 1. The lowest BCUT2D eigenvalue weighted by Crippen LogP contribution is -2.11. The quantitative estimate of drug-likeness (QED) is 0.838. The summed E-state index contributed by atoms with van der Waals surface area (Å²) in [5, 5.41) is 3.21. The molecule has 0 aliphatic carbocycles. The van der Waals surface area contributed by atoms with E-state index in [1.807, 2.05) is 24.3 Å². The molecule has 3 nitrogen and oxygen atoms in total. The number of hydrogen-bond acceptors (Lipinski definition) is 2. The van der Waals surface area contributed by atoms with Crippen LogP contribution in [0.5, 0.6) is 0 Å². The van der Waals surface area contributed by atoms with Crippen molar-refractivity contribution in [1.82, 2.24) is 0 Å². The molecule has 4 heteroatoms. The van der Waals surface area contributed by atoms with Crippen molar-refractivity contribution in [2.45, 2.75) is 13.3 Å². The van der Waals surface area contributed by atoms with Crippen molar-refractivity contribution in [3.05, 3.63) is 58.6 Å². The fourth-order valence-electron chi connectivity index (χ4n) is 1.70. The van der Waals surface area contributed by atoms with Gasteiger partial charge in [-0.05, 0) is 42.3 Å². The second-order valence-corrected chi connectivity index (χ2v) is 4.65. The van der Waals surface area contributed by atoms with Crippen molar-refractivity contribution in [2.24, 2.45) is 0 Å². The van der Waals surface area contributed by atoms with Gasteiger partial charge in [0, 0.05) is 11.3 Å². The number of carbonyl (C=O) groups excluding carboxylic acids is 1. The smallest absolute Gasteiger partial charge is 0.255 e. The zero-order valence-electron chi connectivity index (χ0n) is 10.6. The Morgan fingerprint density at radius 3 is 2.47 bits per heavy atom. The molecule has 0 heterocycles. The maximum Gasteiger partial charge on any atom is 0.255 e. The molecule has 2 aromatic rings. The van der Waals surface area contributed by atoms with Gasteiger partial charge in [0.05, 0.1) is 10.7 Å². The van der Waals surface area contributed by atoms with E-state index in [1.54, 1.807) is 18.2 Å². The molecule has 0 atom stereocenters. The standard InChI is InChI=1S/C15H15ClN2O/c1-2-10-3-5-11(6-4-10)15(19)18-12-7-8-14(17)13(16)9-12/h3-9H,2,17H2,1H3,(H,18,19). The number of benzene rings is 2. The van der Waals surface area contributed by atoms with Crippen molar-refractivity contribution >= 4 is 28.9 Å². The van der Waals surface area contributed by atoms with Crippen molar-refractivity contribution in [3.8, 4) is 0 Å². The molecule has 2 rings (SSSR count). The maximum absolute atomic E-state index is 12.0. The van der Waals surface area contributed by atoms with Gasteiger partial charge in [-0.25, -0.2) is 0 Å². The lowest BCUT2D eigenvalue weighted by atomic mass is 10.1. The van der Waals surface area contributed by atoms with Gasteiger partial charge in [0.25, 0.3) is 5.91 Å². The van der Waals surface area contributed by atoms with E-state index < -0.39 is 0 Å². The molecule has 2 aromatic carbocycles. The number of nitrogens with one attached hydrogen (secondary N) is 1. The molecule has 0 aromatic heterocycles. The molecule has 0 spiro atoms. The molecule has 0 radical (unpaired) electrons. The molecule has 0 saturated carbocycles. The number of nitrogen functional groups attached to an aromatic ring is 1. The molecule has 3 N–H and O–H groups in total. The number of amides is 1. The van der Waals surface area contributed by atoms with Crippen LogP contribution in [0.3, 0.4) is 0 Å². The van der Waals surface area contributed by atoms with E-state index >= 15 is 0 Å². The zero-order valence-corrected chi connectivity index (χ0v) is 11.4. The zero-order chi connectivity index (χ0) is 13.8. The number of rotatable bonds is 3. The summed E-state index contributed by atoms with van der Waals surface area (Å²) in [5.74, 6) is -0.163. The first-order valence-corrected chi connectivity index (χ1v) is 6.43. The summed E-state index contributed by atoms with van der Waals surface area (Å²) in [7, 11) is 0. The van der Waals surface area contributed by atoms with E-state index in [1.165, 1.54) is 5.56 Å². The summed E-state index contributed by atoms with van der Waals surface area (Å²) in [5.41, 5.74) is 8.56. The van der Waals surface area contributed by atoms with Crippen LogP contribution in [0.4, 0.5) is 11.4 Å². The van der Waals surface area contributed by atoms with E-state index in [9.17, 15) is 4.79 Å². The second-order valence-electron chi connectivity index (χ2n) is 4.24. The summed E-state index contributed by atoms with van der Waals surface area (Å²) in [6, 6.07) is 12.5. The Morgan fingerprint density at radius 2 is 1.89 bits per heavy atom. The summed E-state index contributed by atoms with van der Waals surface area (Å²) < 4.78 is 0. The van der Waals surface area contributed by atoms with Crippen LogP contribution in [0.2, 0.25) is 5.02 Å². The van der Waals surface area contributed by atoms with Crippen LogP contribution in [0, 0.1) is 0 Å². The van der Waals surface area contributed by atoms with Crippen LogP contribution in [-0.2, 0) is 6.42 Å². The molecular weight excluding hydrogens is 260 g/mol. The van der Waals surface area contributed by atoms with Crippen LogP contribution in [-0.4, -0.2) is 5.91 Å². The fourth-order valence-corrected chi connectivity index (χ4v) is 1.88. The number of halogens is 1. The Kier molecular flexibility index (Phi) is 4.07. The van der Waals surface area contributed by atoms with E-state index in [4.69, 9.17) is 17.3 Å². The van der Waals surface area contributed by atoms with Gasteiger partial charge in [0.15, 0.2) is 0 Å². The average Bonchev–Trinajstić information content (AvgIpc) is 2.43. The van der Waals surface area contributed by atoms with Gasteiger partial charge in [-0.2, -0.15) is 0 Å². The highest BCUT2D eigenvalue weighted by molar-refractivity contribution is 6.33. The number of nitrogens with two attached hydrogens (primary N) is 1. The Morgan fingerprint density at radius 1 is 1.21 bits per heavy atom. The third kappa shape index (κ3) is 3.26. The monoisotopic (exact) mass is 274 g/mol. The molecule has 0 aliphatic heterocycles. The minimum atomic E-state index is -0.163. The van der Waals surface area contributed by atoms with Crippen LogP contribution in [0.15, 0.2) is 42.5 Å². The van der Waals surface area contributed by atoms with Crippen LogP contribution in [0.25, 0.3) is 0 Å². The van der Waals surface area contributed by atoms with Crippen molar-refractivity contribution < 1.29 is 4.79 Å². The highest BCUT2D eigenvalue weighted by Crippen LogP contribution is 2.23. The molecule has 1 amide bonds. The minimum Gasteiger partial charge on any atom is -0.398 e. The molecule has 19 heavy (non-hydrogen) atoms. The largest absolute Gasteiger partial charge is 0.398 e. The van der Waals surface area contributed by atoms with Crippen LogP contribution < -0.4 is 11.1 Å². The molecule has 0 aliphatic rings. The third-order valence-electron chi connectivity index (χ3n) is 2.88. The second kappa shape index (κ2) is 5.76. The molecular formula is C15H15ClN2O. The Balaban J connectivity index is 2.13. The lowest BCUT2D eigenvalue weighted by Gasteiger charge is -2.07. The topological polar surface area (TPSA) is 55.1 Å². The maximum atomic E-state index is 12.0. The van der Waals surface area contributed by atoms with Gasteiger partial charge >= 0.3 is 0 Å². The molecule has 98 valence electrons.